The molecule has 1 aliphatic heterocycles. The van der Waals surface area contributed by atoms with Gasteiger partial charge in [-0.15, -0.1) is 0 Å². The lowest BCUT2D eigenvalue weighted by molar-refractivity contribution is -0.118. The fourth-order valence-electron chi connectivity index (χ4n) is 2.97. The lowest BCUT2D eigenvalue weighted by Crippen LogP contribution is -2.21. The number of nitrogens with one attached hydrogen (secondary N) is 1. The molecule has 1 aromatic rings. The SMILES string of the molecule is C=C/C(=C\C=C/CC)C1=CC=C(c2cnn(/C(N)=C/CC)c2/N=C/CNC(C)=O)C=NC1. The molecule has 0 saturated carbocycles. The second-order valence-electron chi connectivity index (χ2n) is 7.03. The van der Waals surface area contributed by atoms with E-state index in [4.69, 9.17) is 5.73 Å². The normalized spacial score (nSPS) is 15.1. The van der Waals surface area contributed by atoms with Gasteiger partial charge in [0, 0.05) is 30.5 Å². The van der Waals surface area contributed by atoms with Gasteiger partial charge in [0.25, 0.3) is 0 Å². The largest absolute Gasteiger partial charge is 0.384 e. The van der Waals surface area contributed by atoms with E-state index < -0.39 is 0 Å². The molecule has 2 rings (SSSR count). The quantitative estimate of drug-likeness (QED) is 0.424. The molecule has 3 N–H and O–H groups in total. The monoisotopic (exact) mass is 432 g/mol. The summed E-state index contributed by atoms with van der Waals surface area (Å²) in [4.78, 5) is 20.3. The van der Waals surface area contributed by atoms with Crippen LogP contribution in [-0.2, 0) is 4.79 Å². The molecular formula is C25H32N6O. The van der Waals surface area contributed by atoms with E-state index in [0.29, 0.717) is 24.7 Å². The number of carbonyl (C=O) groups is 1. The topological polar surface area (TPSA) is 97.7 Å². The number of nitrogens with zero attached hydrogens (tertiary/aromatic N) is 4. The number of rotatable bonds is 10. The van der Waals surface area contributed by atoms with Crippen molar-refractivity contribution in [3.8, 4) is 0 Å². The van der Waals surface area contributed by atoms with Crippen molar-refractivity contribution in [1.29, 1.82) is 0 Å². The van der Waals surface area contributed by atoms with Crippen molar-refractivity contribution < 1.29 is 4.79 Å². The van der Waals surface area contributed by atoms with E-state index in [-0.39, 0.29) is 5.91 Å². The molecule has 32 heavy (non-hydrogen) atoms. The van der Waals surface area contributed by atoms with Crippen LogP contribution in [0, 0.1) is 0 Å². The Kier molecular flexibility index (Phi) is 9.84. The molecule has 0 atom stereocenters. The minimum Gasteiger partial charge on any atom is -0.384 e. The van der Waals surface area contributed by atoms with Gasteiger partial charge in [-0.2, -0.15) is 9.78 Å². The van der Waals surface area contributed by atoms with Gasteiger partial charge in [-0.3, -0.25) is 9.79 Å². The van der Waals surface area contributed by atoms with Crippen LogP contribution in [-0.4, -0.2) is 41.2 Å². The summed E-state index contributed by atoms with van der Waals surface area (Å²) in [6.07, 6.45) is 20.9. The maximum atomic E-state index is 11.1. The lowest BCUT2D eigenvalue weighted by Gasteiger charge is -2.06. The zero-order valence-electron chi connectivity index (χ0n) is 19.1. The van der Waals surface area contributed by atoms with Crippen LogP contribution in [0.15, 0.2) is 76.4 Å². The minimum atomic E-state index is -0.119. The highest BCUT2D eigenvalue weighted by Crippen LogP contribution is 2.28. The Morgan fingerprint density at radius 1 is 1.34 bits per heavy atom. The molecule has 168 valence electrons. The number of nitrogens with two attached hydrogens (primary N) is 1. The summed E-state index contributed by atoms with van der Waals surface area (Å²) in [5, 5.41) is 7.14. The van der Waals surface area contributed by atoms with Crippen LogP contribution >= 0.6 is 0 Å². The van der Waals surface area contributed by atoms with Gasteiger partial charge in [-0.1, -0.05) is 56.9 Å². The van der Waals surface area contributed by atoms with Crippen LogP contribution in [0.1, 0.15) is 39.2 Å². The van der Waals surface area contributed by atoms with Gasteiger partial charge >= 0.3 is 0 Å². The Morgan fingerprint density at radius 2 is 2.16 bits per heavy atom. The first-order valence-corrected chi connectivity index (χ1v) is 10.7. The zero-order chi connectivity index (χ0) is 23.3. The fraction of sp³-hybridized carbons (Fsp3) is 0.280. The molecule has 0 fully saturated rings. The molecule has 1 aliphatic rings. The lowest BCUT2D eigenvalue weighted by atomic mass is 10.0. The van der Waals surface area contributed by atoms with E-state index in [1.54, 1.807) is 17.1 Å². The summed E-state index contributed by atoms with van der Waals surface area (Å²) in [6.45, 7) is 10.4. The third-order valence-electron chi connectivity index (χ3n) is 4.56. The van der Waals surface area contributed by atoms with E-state index >= 15 is 0 Å². The molecule has 0 bridgehead atoms. The number of aromatic nitrogens is 2. The number of carbonyl (C=O) groups excluding carboxylic acids is 1. The second kappa shape index (κ2) is 12.8. The number of hydrogen-bond acceptors (Lipinski definition) is 5. The van der Waals surface area contributed by atoms with E-state index in [2.05, 4.69) is 40.0 Å². The maximum Gasteiger partial charge on any atom is 0.217 e. The Labute approximate surface area is 190 Å². The van der Waals surface area contributed by atoms with E-state index in [1.807, 2.05) is 49.6 Å². The molecule has 0 saturated heterocycles. The second-order valence-corrected chi connectivity index (χ2v) is 7.03. The van der Waals surface area contributed by atoms with Crippen molar-refractivity contribution in [2.24, 2.45) is 15.7 Å². The summed E-state index contributed by atoms with van der Waals surface area (Å²) in [6, 6.07) is 0. The van der Waals surface area contributed by atoms with Crippen LogP contribution < -0.4 is 11.1 Å². The maximum absolute atomic E-state index is 11.1. The van der Waals surface area contributed by atoms with Crippen LogP contribution in [0.3, 0.4) is 0 Å². The van der Waals surface area contributed by atoms with Crippen molar-refractivity contribution in [2.75, 3.05) is 13.1 Å². The van der Waals surface area contributed by atoms with Gasteiger partial charge in [0.1, 0.15) is 5.82 Å². The Bertz CT molecular complexity index is 1030. The first-order valence-electron chi connectivity index (χ1n) is 10.7. The average molecular weight is 433 g/mol. The first-order chi connectivity index (χ1) is 15.5. The highest BCUT2D eigenvalue weighted by molar-refractivity contribution is 6.12. The van der Waals surface area contributed by atoms with Crippen LogP contribution in [0.5, 0.6) is 0 Å². The van der Waals surface area contributed by atoms with Crippen LogP contribution in [0.25, 0.3) is 11.4 Å². The Balaban J connectivity index is 2.45. The molecule has 0 aromatic carbocycles. The summed E-state index contributed by atoms with van der Waals surface area (Å²) in [5.41, 5.74) is 9.97. The van der Waals surface area contributed by atoms with Gasteiger partial charge in [0.05, 0.1) is 19.3 Å². The Hall–Kier alpha value is -3.74. The molecular weight excluding hydrogens is 400 g/mol. The first kappa shape index (κ1) is 24.5. The van der Waals surface area contributed by atoms with Crippen LogP contribution in [0.4, 0.5) is 5.82 Å². The standard InChI is InChI=1S/C25H32N6O/c1-5-8-9-11-20(7-3)21-12-13-22(17-27-16-21)23-18-30-31(24(26)10-6-2)25(23)29-15-14-28-19(4)32/h7-13,15,17-18H,3,5-6,14,16,26H2,1-2,4H3,(H,28,32)/b9-8-,20-11+,24-10+,29-15+. The minimum absolute atomic E-state index is 0.119. The van der Waals surface area contributed by atoms with E-state index in [9.17, 15) is 4.79 Å². The van der Waals surface area contributed by atoms with E-state index in [1.165, 1.54) is 6.92 Å². The van der Waals surface area contributed by atoms with E-state index in [0.717, 1.165) is 35.1 Å². The number of aliphatic imine (C=N–C) groups is 2. The Morgan fingerprint density at radius 3 is 2.84 bits per heavy atom. The molecule has 0 radical (unpaired) electrons. The summed E-state index contributed by atoms with van der Waals surface area (Å²) < 4.78 is 1.60. The third kappa shape index (κ3) is 6.91. The van der Waals surface area contributed by atoms with Gasteiger partial charge < -0.3 is 11.1 Å². The third-order valence-corrected chi connectivity index (χ3v) is 4.56. The molecule has 0 unspecified atom stereocenters. The fourth-order valence-corrected chi connectivity index (χ4v) is 2.97. The molecule has 1 amide bonds. The predicted molar refractivity (Wildman–Crippen MR) is 135 cm³/mol. The number of allylic oxidation sites excluding steroid dienone is 8. The summed E-state index contributed by atoms with van der Waals surface area (Å²) in [7, 11) is 0. The molecule has 2 heterocycles. The zero-order valence-corrected chi connectivity index (χ0v) is 19.1. The highest BCUT2D eigenvalue weighted by atomic mass is 16.1. The smallest absolute Gasteiger partial charge is 0.217 e. The van der Waals surface area contributed by atoms with Gasteiger partial charge in [-0.05, 0) is 30.1 Å². The molecule has 0 aliphatic carbocycles. The van der Waals surface area contributed by atoms with Gasteiger partial charge in [-0.25, -0.2) is 4.99 Å². The van der Waals surface area contributed by atoms with Gasteiger partial charge in [0.15, 0.2) is 5.82 Å². The molecule has 7 heteroatoms. The average Bonchev–Trinajstić information content (AvgIpc) is 3.04. The molecule has 1 aromatic heterocycles. The summed E-state index contributed by atoms with van der Waals surface area (Å²) in [5.74, 6) is 0.955. The van der Waals surface area contributed by atoms with Crippen molar-refractivity contribution in [2.45, 2.75) is 33.6 Å². The molecule has 0 spiro atoms. The van der Waals surface area contributed by atoms with Crippen molar-refractivity contribution >= 4 is 35.5 Å². The van der Waals surface area contributed by atoms with Crippen molar-refractivity contribution in [3.05, 3.63) is 72.0 Å². The van der Waals surface area contributed by atoms with Crippen molar-refractivity contribution in [3.63, 3.8) is 0 Å². The number of amides is 1. The van der Waals surface area contributed by atoms with Gasteiger partial charge in [0.2, 0.25) is 5.91 Å². The summed E-state index contributed by atoms with van der Waals surface area (Å²) >= 11 is 0. The van der Waals surface area contributed by atoms with Crippen molar-refractivity contribution in [1.82, 2.24) is 15.1 Å². The number of hydrogen-bond donors (Lipinski definition) is 2. The highest BCUT2D eigenvalue weighted by Gasteiger charge is 2.15. The molecule has 7 nitrogen and oxygen atoms in total. The van der Waals surface area contributed by atoms with Crippen LogP contribution in [0.2, 0.25) is 0 Å². The predicted octanol–water partition coefficient (Wildman–Crippen LogP) is 4.36.